The molecule has 106 valence electrons. The van der Waals surface area contributed by atoms with Crippen LogP contribution >= 0.6 is 11.3 Å². The summed E-state index contributed by atoms with van der Waals surface area (Å²) in [5.41, 5.74) is 0. The minimum Gasteiger partial charge on any atom is -0.309 e. The molecule has 1 aromatic rings. The quantitative estimate of drug-likeness (QED) is 0.740. The fourth-order valence-electron chi connectivity index (χ4n) is 2.53. The molecule has 0 atom stereocenters. The van der Waals surface area contributed by atoms with Crippen molar-refractivity contribution in [2.75, 3.05) is 6.54 Å². The average molecular weight is 278 g/mol. The van der Waals surface area contributed by atoms with Crippen molar-refractivity contribution in [3.63, 3.8) is 0 Å². The zero-order valence-electron chi connectivity index (χ0n) is 12.0. The molecule has 2 aliphatic rings. The molecule has 1 aromatic heterocycles. The summed E-state index contributed by atoms with van der Waals surface area (Å²) in [6.45, 7) is 5.83. The van der Waals surface area contributed by atoms with Gasteiger partial charge < -0.3 is 5.32 Å². The van der Waals surface area contributed by atoms with E-state index in [4.69, 9.17) is 0 Å². The van der Waals surface area contributed by atoms with Gasteiger partial charge >= 0.3 is 0 Å². The number of nitrogens with one attached hydrogen (secondary N) is 1. The largest absolute Gasteiger partial charge is 0.309 e. The molecule has 3 rings (SSSR count). The fourth-order valence-corrected chi connectivity index (χ4v) is 3.52. The highest BCUT2D eigenvalue weighted by atomic mass is 32.1. The Morgan fingerprint density at radius 2 is 2.00 bits per heavy atom. The van der Waals surface area contributed by atoms with Crippen LogP contribution in [0.4, 0.5) is 0 Å². The summed E-state index contributed by atoms with van der Waals surface area (Å²) in [7, 11) is 0. The second-order valence-electron chi connectivity index (χ2n) is 6.08. The zero-order valence-corrected chi connectivity index (χ0v) is 12.8. The van der Waals surface area contributed by atoms with Crippen LogP contribution in [0.15, 0.2) is 12.1 Å². The molecule has 0 spiro atoms. The average Bonchev–Trinajstić information content (AvgIpc) is 3.32. The lowest BCUT2D eigenvalue weighted by molar-refractivity contribution is 0.253. The SMILES string of the molecule is CCCCN(Cc1ccc(CNC2CC2)s1)C1CC1. The van der Waals surface area contributed by atoms with E-state index >= 15 is 0 Å². The van der Waals surface area contributed by atoms with Crippen LogP contribution in [0.3, 0.4) is 0 Å². The Balaban J connectivity index is 1.49. The summed E-state index contributed by atoms with van der Waals surface area (Å²) in [6.07, 6.45) is 8.26. The van der Waals surface area contributed by atoms with Gasteiger partial charge in [0.25, 0.3) is 0 Å². The maximum Gasteiger partial charge on any atom is 0.0330 e. The molecular weight excluding hydrogens is 252 g/mol. The normalized spacial score (nSPS) is 19.3. The molecule has 1 heterocycles. The van der Waals surface area contributed by atoms with E-state index in [0.717, 1.165) is 18.6 Å². The molecule has 0 amide bonds. The highest BCUT2D eigenvalue weighted by molar-refractivity contribution is 7.11. The first-order chi connectivity index (χ1) is 9.35. The smallest absolute Gasteiger partial charge is 0.0330 e. The Bertz CT molecular complexity index is 393. The number of hydrogen-bond acceptors (Lipinski definition) is 3. The van der Waals surface area contributed by atoms with Gasteiger partial charge in [-0.3, -0.25) is 4.90 Å². The molecule has 2 fully saturated rings. The summed E-state index contributed by atoms with van der Waals surface area (Å²) < 4.78 is 0. The van der Waals surface area contributed by atoms with E-state index in [2.05, 4.69) is 29.3 Å². The molecule has 2 nitrogen and oxygen atoms in total. The second-order valence-corrected chi connectivity index (χ2v) is 7.33. The molecule has 0 aliphatic heterocycles. The predicted octanol–water partition coefficient (Wildman–Crippen LogP) is 3.76. The van der Waals surface area contributed by atoms with Crippen molar-refractivity contribution >= 4 is 11.3 Å². The summed E-state index contributed by atoms with van der Waals surface area (Å²) in [6, 6.07) is 6.37. The maximum absolute atomic E-state index is 3.61. The maximum atomic E-state index is 3.61. The van der Waals surface area contributed by atoms with Gasteiger partial charge in [-0.2, -0.15) is 0 Å². The fraction of sp³-hybridized carbons (Fsp3) is 0.750. The van der Waals surface area contributed by atoms with Gasteiger partial charge in [-0.25, -0.2) is 0 Å². The lowest BCUT2D eigenvalue weighted by atomic mass is 10.3. The van der Waals surface area contributed by atoms with E-state index in [9.17, 15) is 0 Å². The van der Waals surface area contributed by atoms with Gasteiger partial charge in [0.15, 0.2) is 0 Å². The van der Waals surface area contributed by atoms with Crippen LogP contribution in [0, 0.1) is 0 Å². The van der Waals surface area contributed by atoms with E-state index in [1.165, 1.54) is 56.5 Å². The van der Waals surface area contributed by atoms with Crippen LogP contribution in [0.2, 0.25) is 0 Å². The zero-order chi connectivity index (χ0) is 13.1. The van der Waals surface area contributed by atoms with Crippen molar-refractivity contribution in [2.24, 2.45) is 0 Å². The molecule has 2 aliphatic carbocycles. The number of unbranched alkanes of at least 4 members (excludes halogenated alkanes) is 1. The first kappa shape index (κ1) is 13.6. The lowest BCUT2D eigenvalue weighted by Gasteiger charge is -2.20. The topological polar surface area (TPSA) is 15.3 Å². The van der Waals surface area contributed by atoms with Crippen molar-refractivity contribution in [3.05, 3.63) is 21.9 Å². The third-order valence-corrected chi connectivity index (χ3v) is 5.15. The van der Waals surface area contributed by atoms with Crippen LogP contribution < -0.4 is 5.32 Å². The highest BCUT2D eigenvalue weighted by Gasteiger charge is 2.28. The van der Waals surface area contributed by atoms with Crippen molar-refractivity contribution in [2.45, 2.75) is 70.6 Å². The van der Waals surface area contributed by atoms with Crippen molar-refractivity contribution in [1.29, 1.82) is 0 Å². The number of nitrogens with zero attached hydrogens (tertiary/aromatic N) is 1. The van der Waals surface area contributed by atoms with Crippen LogP contribution in [-0.2, 0) is 13.1 Å². The van der Waals surface area contributed by atoms with E-state index < -0.39 is 0 Å². The molecule has 0 saturated heterocycles. The summed E-state index contributed by atoms with van der Waals surface area (Å²) in [5.74, 6) is 0. The van der Waals surface area contributed by atoms with Gasteiger partial charge in [0.1, 0.15) is 0 Å². The molecule has 19 heavy (non-hydrogen) atoms. The molecule has 1 N–H and O–H groups in total. The highest BCUT2D eigenvalue weighted by Crippen LogP contribution is 2.30. The van der Waals surface area contributed by atoms with Crippen LogP contribution in [-0.4, -0.2) is 23.5 Å². The van der Waals surface area contributed by atoms with Crippen molar-refractivity contribution in [3.8, 4) is 0 Å². The monoisotopic (exact) mass is 278 g/mol. The third-order valence-electron chi connectivity index (χ3n) is 4.08. The minimum absolute atomic E-state index is 0.818. The van der Waals surface area contributed by atoms with Crippen LogP contribution in [0.5, 0.6) is 0 Å². The molecule has 0 radical (unpaired) electrons. The molecule has 0 aromatic carbocycles. The Hall–Kier alpha value is -0.380. The predicted molar refractivity (Wildman–Crippen MR) is 82.5 cm³/mol. The van der Waals surface area contributed by atoms with E-state index in [1.807, 2.05) is 11.3 Å². The van der Waals surface area contributed by atoms with E-state index in [1.54, 1.807) is 4.88 Å². The lowest BCUT2D eigenvalue weighted by Crippen LogP contribution is -2.26. The first-order valence-electron chi connectivity index (χ1n) is 7.90. The van der Waals surface area contributed by atoms with Crippen molar-refractivity contribution < 1.29 is 0 Å². The number of thiophene rings is 1. The summed E-state index contributed by atoms with van der Waals surface area (Å²) in [4.78, 5) is 5.76. The Kier molecular flexibility index (Phi) is 4.57. The Morgan fingerprint density at radius 3 is 2.68 bits per heavy atom. The molecule has 3 heteroatoms. The van der Waals surface area contributed by atoms with Gasteiger partial charge in [0, 0.05) is 34.9 Å². The summed E-state index contributed by atoms with van der Waals surface area (Å²) >= 11 is 2.01. The van der Waals surface area contributed by atoms with Gasteiger partial charge in [0.2, 0.25) is 0 Å². The Morgan fingerprint density at radius 1 is 1.21 bits per heavy atom. The third kappa shape index (κ3) is 4.30. The minimum atomic E-state index is 0.818. The van der Waals surface area contributed by atoms with E-state index in [0.29, 0.717) is 0 Å². The van der Waals surface area contributed by atoms with Gasteiger partial charge in [-0.05, 0) is 50.8 Å². The second kappa shape index (κ2) is 6.38. The first-order valence-corrected chi connectivity index (χ1v) is 8.72. The number of rotatable bonds is 9. The van der Waals surface area contributed by atoms with Gasteiger partial charge in [-0.15, -0.1) is 11.3 Å². The van der Waals surface area contributed by atoms with Crippen molar-refractivity contribution in [1.82, 2.24) is 10.2 Å². The van der Waals surface area contributed by atoms with Crippen LogP contribution in [0.1, 0.15) is 55.2 Å². The number of hydrogen-bond donors (Lipinski definition) is 1. The van der Waals surface area contributed by atoms with Crippen LogP contribution in [0.25, 0.3) is 0 Å². The standard InChI is InChI=1S/C16H26N2S/c1-2-3-10-18(14-6-7-14)12-16-9-8-15(19-16)11-17-13-4-5-13/h8-9,13-14,17H,2-7,10-12H2,1H3. The molecular formula is C16H26N2S. The van der Waals surface area contributed by atoms with Gasteiger partial charge in [0.05, 0.1) is 0 Å². The Labute approximate surface area is 121 Å². The molecule has 0 unspecified atom stereocenters. The van der Waals surface area contributed by atoms with Gasteiger partial charge in [-0.1, -0.05) is 13.3 Å². The molecule has 2 saturated carbocycles. The summed E-state index contributed by atoms with van der Waals surface area (Å²) in [5, 5.41) is 3.61. The van der Waals surface area contributed by atoms with E-state index in [-0.39, 0.29) is 0 Å². The molecule has 0 bridgehead atoms.